The summed E-state index contributed by atoms with van der Waals surface area (Å²) in [7, 11) is 0. The number of para-hydroxylation sites is 4. The Hall–Kier alpha value is -8.72. The highest BCUT2D eigenvalue weighted by Gasteiger charge is 2.23. The zero-order valence-corrected chi connectivity index (χ0v) is 36.3. The largest absolute Gasteiger partial charge is 0.309 e. The second-order valence-corrected chi connectivity index (χ2v) is 16.9. The van der Waals surface area contributed by atoms with Crippen LogP contribution in [0.25, 0.3) is 93.9 Å². The smallest absolute Gasteiger partial charge is 0.0541 e. The van der Waals surface area contributed by atoms with E-state index >= 15 is 0 Å². The van der Waals surface area contributed by atoms with E-state index in [4.69, 9.17) is 0 Å². The van der Waals surface area contributed by atoms with E-state index in [1.807, 2.05) is 0 Å². The quantitative estimate of drug-likeness (QED) is 0.141. The van der Waals surface area contributed by atoms with Gasteiger partial charge < -0.3 is 9.47 Å². The van der Waals surface area contributed by atoms with Crippen LogP contribution in [0.4, 0.5) is 17.1 Å². The topological polar surface area (TPSA) is 8.17 Å². The summed E-state index contributed by atoms with van der Waals surface area (Å²) in [4.78, 5) is 2.46. The van der Waals surface area contributed by atoms with Gasteiger partial charge in [0.25, 0.3) is 0 Å². The van der Waals surface area contributed by atoms with Crippen molar-refractivity contribution in [3.05, 3.63) is 267 Å². The van der Waals surface area contributed by atoms with Crippen LogP contribution in [0, 0.1) is 0 Å². The monoisotopic (exact) mass is 840 g/mol. The van der Waals surface area contributed by atoms with Gasteiger partial charge in [0.05, 0.1) is 28.1 Å². The number of hydrogen-bond donors (Lipinski definition) is 0. The Balaban J connectivity index is 1.05. The Morgan fingerprint density at radius 1 is 0.258 bits per heavy atom. The molecule has 0 saturated carbocycles. The predicted molar refractivity (Wildman–Crippen MR) is 280 cm³/mol. The molecule has 310 valence electrons. The third-order valence-electron chi connectivity index (χ3n) is 13.0. The van der Waals surface area contributed by atoms with Crippen LogP contribution in [0.2, 0.25) is 0 Å². The number of benzene rings is 11. The third kappa shape index (κ3) is 7.02. The molecule has 0 aliphatic carbocycles. The molecule has 0 N–H and O–H groups in total. The Kier molecular flexibility index (Phi) is 9.89. The van der Waals surface area contributed by atoms with Crippen LogP contribution in [0.3, 0.4) is 0 Å². The van der Waals surface area contributed by atoms with Crippen LogP contribution in [-0.2, 0) is 0 Å². The van der Waals surface area contributed by atoms with E-state index in [0.29, 0.717) is 0 Å². The van der Waals surface area contributed by atoms with Crippen LogP contribution < -0.4 is 4.90 Å². The number of anilines is 3. The number of hydrogen-bond acceptors (Lipinski definition) is 1. The van der Waals surface area contributed by atoms with Gasteiger partial charge in [-0.3, -0.25) is 0 Å². The number of fused-ring (bicyclic) bond motifs is 4. The SMILES string of the molecule is c1ccc(-c2cccc(N(c3ccccc3-c3ccc(-c4ccc5ccccc5c4)cc3)c3ccc(-c4ccccc4-n4c5ccccc5c5ccccc54)cc3-c3ccccc3)c2)cc1. The van der Waals surface area contributed by atoms with Gasteiger partial charge in [0, 0.05) is 33.2 Å². The summed E-state index contributed by atoms with van der Waals surface area (Å²) < 4.78 is 2.43. The molecular weight excluding hydrogens is 797 g/mol. The second-order valence-electron chi connectivity index (χ2n) is 16.9. The van der Waals surface area contributed by atoms with Gasteiger partial charge in [0.15, 0.2) is 0 Å². The fourth-order valence-electron chi connectivity index (χ4n) is 9.83. The van der Waals surface area contributed by atoms with Gasteiger partial charge in [-0.05, 0) is 104 Å². The van der Waals surface area contributed by atoms with Crippen molar-refractivity contribution in [2.45, 2.75) is 0 Å². The highest BCUT2D eigenvalue weighted by Crippen LogP contribution is 2.47. The molecule has 0 amide bonds. The molecule has 1 heterocycles. The predicted octanol–water partition coefficient (Wildman–Crippen LogP) is 17.7. The van der Waals surface area contributed by atoms with E-state index in [9.17, 15) is 0 Å². The summed E-state index contributed by atoms with van der Waals surface area (Å²) in [6.45, 7) is 0. The van der Waals surface area contributed by atoms with Crippen molar-refractivity contribution in [3.63, 3.8) is 0 Å². The van der Waals surface area contributed by atoms with E-state index < -0.39 is 0 Å². The van der Waals surface area contributed by atoms with Gasteiger partial charge >= 0.3 is 0 Å². The van der Waals surface area contributed by atoms with E-state index in [1.165, 1.54) is 49.3 Å². The Labute approximate surface area is 385 Å². The lowest BCUT2D eigenvalue weighted by Crippen LogP contribution is -2.13. The molecule has 0 aliphatic heterocycles. The van der Waals surface area contributed by atoms with Crippen LogP contribution in [0.1, 0.15) is 0 Å². The van der Waals surface area contributed by atoms with E-state index in [0.717, 1.165) is 61.7 Å². The highest BCUT2D eigenvalue weighted by atomic mass is 15.1. The van der Waals surface area contributed by atoms with Gasteiger partial charge in [-0.2, -0.15) is 0 Å². The normalized spacial score (nSPS) is 11.3. The Morgan fingerprint density at radius 3 is 1.52 bits per heavy atom. The fraction of sp³-hybridized carbons (Fsp3) is 0. The van der Waals surface area contributed by atoms with Gasteiger partial charge in [0.1, 0.15) is 0 Å². The standard InChI is InChI=1S/C64H44N2/c1-3-18-45(19-4-1)51-24-17-25-54(43-51)65(60-30-13-9-26-55(60)49-37-34-47(35-38-49)52-39-36-46-20-7-8-23-50(46)42-52)64-41-40-53(44-59(64)48-21-5-2-6-22-48)56-27-10-14-31-61(56)66-62-32-15-11-28-57(62)58-29-12-16-33-63(58)66/h1-44H. The van der Waals surface area contributed by atoms with Crippen LogP contribution in [0.5, 0.6) is 0 Å². The molecule has 2 nitrogen and oxygen atoms in total. The minimum absolute atomic E-state index is 1.08. The zero-order valence-electron chi connectivity index (χ0n) is 36.3. The first-order chi connectivity index (χ1) is 32.7. The number of rotatable bonds is 9. The van der Waals surface area contributed by atoms with Crippen molar-refractivity contribution in [1.82, 2.24) is 4.57 Å². The summed E-state index contributed by atoms with van der Waals surface area (Å²) in [6, 6.07) is 97.0. The lowest BCUT2D eigenvalue weighted by atomic mass is 9.94. The van der Waals surface area contributed by atoms with Crippen molar-refractivity contribution in [1.29, 1.82) is 0 Å². The lowest BCUT2D eigenvalue weighted by molar-refractivity contribution is 1.18. The van der Waals surface area contributed by atoms with Crippen LogP contribution in [0.15, 0.2) is 267 Å². The maximum atomic E-state index is 2.46. The number of aromatic nitrogens is 1. The molecule has 11 aromatic carbocycles. The van der Waals surface area contributed by atoms with Gasteiger partial charge in [-0.25, -0.2) is 0 Å². The van der Waals surface area contributed by atoms with Gasteiger partial charge in [0.2, 0.25) is 0 Å². The average molecular weight is 841 g/mol. The van der Waals surface area contributed by atoms with Gasteiger partial charge in [-0.15, -0.1) is 0 Å². The molecule has 0 fully saturated rings. The molecular formula is C64H44N2. The minimum Gasteiger partial charge on any atom is -0.309 e. The summed E-state index contributed by atoms with van der Waals surface area (Å²) in [5.74, 6) is 0. The summed E-state index contributed by atoms with van der Waals surface area (Å²) >= 11 is 0. The Morgan fingerprint density at radius 2 is 0.758 bits per heavy atom. The fourth-order valence-corrected chi connectivity index (χ4v) is 9.83. The van der Waals surface area contributed by atoms with E-state index in [-0.39, 0.29) is 0 Å². The molecule has 0 spiro atoms. The molecule has 0 radical (unpaired) electrons. The molecule has 0 aliphatic rings. The first-order valence-corrected chi connectivity index (χ1v) is 22.7. The maximum Gasteiger partial charge on any atom is 0.0541 e. The molecule has 12 aromatic rings. The van der Waals surface area contributed by atoms with Crippen molar-refractivity contribution < 1.29 is 0 Å². The molecule has 0 atom stereocenters. The molecule has 66 heavy (non-hydrogen) atoms. The summed E-state index contributed by atoms with van der Waals surface area (Å²) in [5, 5.41) is 4.99. The average Bonchev–Trinajstić information content (AvgIpc) is 3.74. The first kappa shape index (κ1) is 38.9. The molecule has 0 saturated heterocycles. The van der Waals surface area contributed by atoms with Crippen LogP contribution in [-0.4, -0.2) is 4.57 Å². The summed E-state index contributed by atoms with van der Waals surface area (Å²) in [6.07, 6.45) is 0. The maximum absolute atomic E-state index is 2.46. The van der Waals surface area contributed by atoms with Gasteiger partial charge in [-0.1, -0.05) is 212 Å². The number of nitrogens with zero attached hydrogens (tertiary/aromatic N) is 2. The Bertz CT molecular complexity index is 3640. The zero-order chi connectivity index (χ0) is 43.8. The van der Waals surface area contributed by atoms with Crippen molar-refractivity contribution >= 4 is 49.6 Å². The second kappa shape index (κ2) is 16.8. The van der Waals surface area contributed by atoms with E-state index in [1.54, 1.807) is 0 Å². The molecule has 1 aromatic heterocycles. The third-order valence-corrected chi connectivity index (χ3v) is 13.0. The lowest BCUT2D eigenvalue weighted by Gasteiger charge is -2.31. The summed E-state index contributed by atoms with van der Waals surface area (Å²) in [5.41, 5.74) is 18.4. The molecule has 2 heteroatoms. The van der Waals surface area contributed by atoms with Crippen molar-refractivity contribution in [3.8, 4) is 61.3 Å². The molecule has 0 bridgehead atoms. The molecule has 12 rings (SSSR count). The van der Waals surface area contributed by atoms with Crippen molar-refractivity contribution in [2.24, 2.45) is 0 Å². The van der Waals surface area contributed by atoms with Crippen molar-refractivity contribution in [2.75, 3.05) is 4.90 Å². The first-order valence-electron chi connectivity index (χ1n) is 22.7. The van der Waals surface area contributed by atoms with Crippen LogP contribution >= 0.6 is 0 Å². The van der Waals surface area contributed by atoms with E-state index in [2.05, 4.69) is 276 Å². The highest BCUT2D eigenvalue weighted by molar-refractivity contribution is 6.10. The minimum atomic E-state index is 1.08. The molecule has 0 unspecified atom stereocenters.